The number of hydrogen-bond acceptors (Lipinski definition) is 12. The predicted molar refractivity (Wildman–Crippen MR) is 161 cm³/mol. The molecule has 0 aromatic heterocycles. The fraction of sp³-hybridized carbons (Fsp3) is 0.533. The zero-order chi connectivity index (χ0) is 34.4. The molecular weight excluding hydrogens is 580 g/mol. The second-order valence-corrected chi connectivity index (χ2v) is 12.0. The Hall–Kier alpha value is -3.34. The van der Waals surface area contributed by atoms with Gasteiger partial charge in [0.1, 0.15) is 11.5 Å². The molecule has 2 aromatic rings. The van der Waals surface area contributed by atoms with Gasteiger partial charge in [-0.2, -0.15) is 0 Å². The topological polar surface area (TPSA) is 260 Å². The number of carboxylic acid groups (broad SMARTS) is 2. The Kier molecular flexibility index (Phi) is 17.1. The highest BCUT2D eigenvalue weighted by atomic mass is 16.4. The number of aliphatic hydroxyl groups excluding tert-OH is 6. The molecule has 0 amide bonds. The van der Waals surface area contributed by atoms with E-state index in [1.54, 1.807) is 24.3 Å². The molecule has 0 fully saturated rings. The maximum absolute atomic E-state index is 9.97. The van der Waals surface area contributed by atoms with E-state index in [0.717, 1.165) is 0 Å². The first-order valence-corrected chi connectivity index (χ1v) is 13.7. The molecule has 250 valence electrons. The summed E-state index contributed by atoms with van der Waals surface area (Å²) in [6.45, 7) is 12.5. The van der Waals surface area contributed by atoms with E-state index < -0.39 is 36.4 Å². The fourth-order valence-electron chi connectivity index (χ4n) is 3.19. The van der Waals surface area contributed by atoms with Crippen LogP contribution in [0.1, 0.15) is 76.0 Å². The lowest BCUT2D eigenvalue weighted by Gasteiger charge is -2.23. The highest BCUT2D eigenvalue weighted by Crippen LogP contribution is 2.23. The van der Waals surface area contributed by atoms with E-state index in [-0.39, 0.29) is 35.8 Å². The van der Waals surface area contributed by atoms with Crippen LogP contribution < -0.4 is 10.6 Å². The zero-order valence-corrected chi connectivity index (χ0v) is 25.9. The molecular formula is C30H48N2O12. The minimum Gasteiger partial charge on any atom is -0.508 e. The highest BCUT2D eigenvalue weighted by Gasteiger charge is 2.29. The average molecular weight is 629 g/mol. The monoisotopic (exact) mass is 628 g/mol. The Labute approximate surface area is 256 Å². The summed E-state index contributed by atoms with van der Waals surface area (Å²) in [4.78, 5) is 19.5. The number of phenols is 2. The van der Waals surface area contributed by atoms with Crippen molar-refractivity contribution in [3.05, 3.63) is 58.7 Å². The molecule has 2 aromatic carbocycles. The van der Waals surface area contributed by atoms with Gasteiger partial charge in [0, 0.05) is 35.3 Å². The van der Waals surface area contributed by atoms with Gasteiger partial charge < -0.3 is 61.7 Å². The van der Waals surface area contributed by atoms with Crippen molar-refractivity contribution in [2.45, 2.75) is 90.2 Å². The molecule has 0 spiro atoms. The van der Waals surface area contributed by atoms with Gasteiger partial charge in [-0.3, -0.25) is 0 Å². The molecule has 0 aliphatic heterocycles. The van der Waals surface area contributed by atoms with Gasteiger partial charge in [0.2, 0.25) is 0 Å². The molecule has 0 aliphatic carbocycles. The van der Waals surface area contributed by atoms with E-state index in [1.165, 1.54) is 12.1 Å². The second-order valence-electron chi connectivity index (χ2n) is 12.0. The SMILES string of the molecule is CC(C)(C)NCC(O)c1ccc(O)c(CO)c1.CC(C)(C)NCC(O)c1ccc(O)c(CO)c1.O=C(O)C(O)C(O)C(=O)O. The molecule has 14 nitrogen and oxygen atoms in total. The number of aromatic hydroxyl groups is 2. The molecule has 4 unspecified atom stereocenters. The van der Waals surface area contributed by atoms with Crippen LogP contribution in [0.3, 0.4) is 0 Å². The number of aliphatic carboxylic acids is 2. The van der Waals surface area contributed by atoms with Crippen molar-refractivity contribution in [1.82, 2.24) is 10.6 Å². The molecule has 0 bridgehead atoms. The smallest absolute Gasteiger partial charge is 0.335 e. The molecule has 2 rings (SSSR count). The molecule has 0 radical (unpaired) electrons. The summed E-state index contributed by atoms with van der Waals surface area (Å²) in [7, 11) is 0. The Morgan fingerprint density at radius 3 is 1.16 bits per heavy atom. The number of benzene rings is 2. The van der Waals surface area contributed by atoms with E-state index in [9.17, 15) is 30.0 Å². The molecule has 44 heavy (non-hydrogen) atoms. The lowest BCUT2D eigenvalue weighted by molar-refractivity contribution is -0.165. The van der Waals surface area contributed by atoms with E-state index in [2.05, 4.69) is 10.6 Å². The third kappa shape index (κ3) is 15.9. The van der Waals surface area contributed by atoms with Gasteiger partial charge in [0.05, 0.1) is 25.4 Å². The van der Waals surface area contributed by atoms with Crippen LogP contribution in [0.5, 0.6) is 11.5 Å². The van der Waals surface area contributed by atoms with Gasteiger partial charge in [0.25, 0.3) is 0 Å². The first kappa shape index (κ1) is 40.7. The standard InChI is InChI=1S/2C13H21NO3.C4H6O6/c2*1-13(2,3)14-7-12(17)9-4-5-11(16)10(6-9)8-15;5-1(3(7)8)2(6)4(9)10/h2*4-6,12,14-17H,7-8H2,1-3H3;1-2,5-6H,(H,7,8)(H,9,10). The molecule has 14 heteroatoms. The number of nitrogens with one attached hydrogen (secondary N) is 2. The molecule has 0 saturated carbocycles. The molecule has 12 N–H and O–H groups in total. The molecule has 4 atom stereocenters. The molecule has 0 heterocycles. The van der Waals surface area contributed by atoms with Crippen LogP contribution >= 0.6 is 0 Å². The number of hydrogen-bond donors (Lipinski definition) is 12. The first-order chi connectivity index (χ1) is 20.1. The minimum absolute atomic E-state index is 0.0484. The Morgan fingerprint density at radius 1 is 0.636 bits per heavy atom. The van der Waals surface area contributed by atoms with Crippen LogP contribution in [0.15, 0.2) is 36.4 Å². The van der Waals surface area contributed by atoms with Gasteiger partial charge in [-0.1, -0.05) is 12.1 Å². The van der Waals surface area contributed by atoms with E-state index in [1.807, 2.05) is 41.5 Å². The van der Waals surface area contributed by atoms with Crippen molar-refractivity contribution in [3.8, 4) is 11.5 Å². The van der Waals surface area contributed by atoms with Crippen molar-refractivity contribution in [2.24, 2.45) is 0 Å². The van der Waals surface area contributed by atoms with Crippen molar-refractivity contribution >= 4 is 11.9 Å². The summed E-state index contributed by atoms with van der Waals surface area (Å²) >= 11 is 0. The Balaban J connectivity index is 0.000000655. The summed E-state index contributed by atoms with van der Waals surface area (Å²) in [6, 6.07) is 9.52. The predicted octanol–water partition coefficient (Wildman–Crippen LogP) is 0.489. The summed E-state index contributed by atoms with van der Waals surface area (Å²) in [5.74, 6) is -3.44. The lowest BCUT2D eigenvalue weighted by atomic mass is 10.0. The quantitative estimate of drug-likeness (QED) is 0.162. The second kappa shape index (κ2) is 18.5. The van der Waals surface area contributed by atoms with Gasteiger partial charge in [-0.25, -0.2) is 9.59 Å². The van der Waals surface area contributed by atoms with Gasteiger partial charge in [0.15, 0.2) is 12.2 Å². The highest BCUT2D eigenvalue weighted by molar-refractivity contribution is 5.83. The average Bonchev–Trinajstić information content (AvgIpc) is 2.94. The number of aliphatic hydroxyl groups is 6. The largest absolute Gasteiger partial charge is 0.508 e. The number of β-amino-alcohol motifs (C(OH)–C–C–N with tert-alkyl or cyclic N) is 2. The summed E-state index contributed by atoms with van der Waals surface area (Å²) in [5.41, 5.74) is 2.11. The van der Waals surface area contributed by atoms with Gasteiger partial charge >= 0.3 is 11.9 Å². The van der Waals surface area contributed by atoms with Crippen molar-refractivity contribution in [1.29, 1.82) is 0 Å². The lowest BCUT2D eigenvalue weighted by Crippen LogP contribution is -2.39. The van der Waals surface area contributed by atoms with Crippen LogP contribution in [-0.2, 0) is 22.8 Å². The summed E-state index contributed by atoms with van der Waals surface area (Å²) in [6.07, 6.45) is -5.84. The molecule has 0 aliphatic rings. The Morgan fingerprint density at radius 2 is 0.932 bits per heavy atom. The number of carboxylic acids is 2. The summed E-state index contributed by atoms with van der Waals surface area (Å²) < 4.78 is 0. The van der Waals surface area contributed by atoms with E-state index >= 15 is 0 Å². The van der Waals surface area contributed by atoms with E-state index in [4.69, 9.17) is 30.6 Å². The van der Waals surface area contributed by atoms with Crippen molar-refractivity contribution in [2.75, 3.05) is 13.1 Å². The van der Waals surface area contributed by atoms with Gasteiger partial charge in [-0.15, -0.1) is 0 Å². The van der Waals surface area contributed by atoms with Crippen LogP contribution in [0, 0.1) is 0 Å². The zero-order valence-electron chi connectivity index (χ0n) is 25.9. The third-order valence-corrected chi connectivity index (χ3v) is 5.77. The van der Waals surface area contributed by atoms with E-state index in [0.29, 0.717) is 35.3 Å². The van der Waals surface area contributed by atoms with Crippen LogP contribution in [0.25, 0.3) is 0 Å². The number of carbonyl (C=O) groups is 2. The maximum atomic E-state index is 9.97. The van der Waals surface area contributed by atoms with Gasteiger partial charge in [-0.05, 0) is 76.9 Å². The summed E-state index contributed by atoms with van der Waals surface area (Å²) in [5, 5.41) is 95.7. The normalized spacial score (nSPS) is 14.2. The van der Waals surface area contributed by atoms with Crippen LogP contribution in [-0.4, -0.2) is 99.4 Å². The third-order valence-electron chi connectivity index (χ3n) is 5.77. The Bertz CT molecular complexity index is 1090. The first-order valence-electron chi connectivity index (χ1n) is 13.7. The maximum Gasteiger partial charge on any atom is 0.335 e. The minimum atomic E-state index is -2.27. The number of rotatable bonds is 11. The fourth-order valence-corrected chi connectivity index (χ4v) is 3.19. The van der Waals surface area contributed by atoms with Crippen molar-refractivity contribution in [3.63, 3.8) is 0 Å². The van der Waals surface area contributed by atoms with Crippen molar-refractivity contribution < 1.29 is 60.7 Å². The van der Waals surface area contributed by atoms with Crippen LogP contribution in [0.2, 0.25) is 0 Å². The molecule has 0 saturated heterocycles. The van der Waals surface area contributed by atoms with Crippen LogP contribution in [0.4, 0.5) is 0 Å².